The number of likely N-dealkylation sites (tertiary alicyclic amines) is 2. The van der Waals surface area contributed by atoms with E-state index in [0.717, 1.165) is 42.9 Å². The van der Waals surface area contributed by atoms with Gasteiger partial charge in [-0.05, 0) is 70.5 Å². The SMILES string of the molecule is Cc1ccn(-c2cccc(C(=O)N3CCC[C@H]3[C@H]3CCCN3C)c2)n1. The number of rotatable bonds is 3. The van der Waals surface area contributed by atoms with Crippen molar-refractivity contribution in [1.29, 1.82) is 0 Å². The lowest BCUT2D eigenvalue weighted by Crippen LogP contribution is -2.47. The topological polar surface area (TPSA) is 41.4 Å². The standard InChI is InChI=1S/C20H26N4O/c1-15-10-13-24(21-15)17-7-3-6-16(14-17)20(25)23-12-5-9-19(23)18-8-4-11-22(18)2/h3,6-7,10,13-14,18-19H,4-5,8-9,11-12H2,1-2H3/t18-,19+/m1/s1. The Morgan fingerprint density at radius 1 is 1.12 bits per heavy atom. The number of aryl methyl sites for hydroxylation is 1. The second kappa shape index (κ2) is 6.64. The number of carbonyl (C=O) groups is 1. The maximum Gasteiger partial charge on any atom is 0.254 e. The largest absolute Gasteiger partial charge is 0.334 e. The third-order valence-electron chi connectivity index (χ3n) is 5.66. The van der Waals surface area contributed by atoms with Crippen LogP contribution in [0.3, 0.4) is 0 Å². The van der Waals surface area contributed by atoms with E-state index in [1.54, 1.807) is 0 Å². The summed E-state index contributed by atoms with van der Waals surface area (Å²) >= 11 is 0. The summed E-state index contributed by atoms with van der Waals surface area (Å²) in [5.41, 5.74) is 2.67. The van der Waals surface area contributed by atoms with E-state index in [1.165, 1.54) is 12.8 Å². The maximum absolute atomic E-state index is 13.2. The fourth-order valence-electron chi connectivity index (χ4n) is 4.37. The van der Waals surface area contributed by atoms with Gasteiger partial charge in [0.05, 0.1) is 11.4 Å². The van der Waals surface area contributed by atoms with Crippen molar-refractivity contribution in [3.63, 3.8) is 0 Å². The van der Waals surface area contributed by atoms with Crippen LogP contribution in [0.25, 0.3) is 5.69 Å². The molecular formula is C20H26N4O. The molecule has 2 aliphatic rings. The smallest absolute Gasteiger partial charge is 0.254 e. The minimum atomic E-state index is 0.161. The molecule has 5 heteroatoms. The second-order valence-electron chi connectivity index (χ2n) is 7.35. The van der Waals surface area contributed by atoms with E-state index < -0.39 is 0 Å². The number of benzene rings is 1. The van der Waals surface area contributed by atoms with Crippen LogP contribution in [-0.2, 0) is 0 Å². The first kappa shape index (κ1) is 16.3. The molecule has 0 saturated carbocycles. The van der Waals surface area contributed by atoms with E-state index in [1.807, 2.05) is 48.1 Å². The van der Waals surface area contributed by atoms with E-state index in [2.05, 4.69) is 21.9 Å². The van der Waals surface area contributed by atoms with E-state index in [-0.39, 0.29) is 5.91 Å². The highest BCUT2D eigenvalue weighted by Gasteiger charge is 2.38. The first-order chi connectivity index (χ1) is 12.1. The van der Waals surface area contributed by atoms with Crippen molar-refractivity contribution in [2.45, 2.75) is 44.7 Å². The number of likely N-dealkylation sites (N-methyl/N-ethyl adjacent to an activating group) is 1. The molecule has 2 aliphatic heterocycles. The zero-order valence-electron chi connectivity index (χ0n) is 15.1. The average Bonchev–Trinajstić information content (AvgIpc) is 3.34. The molecule has 2 saturated heterocycles. The Kier molecular flexibility index (Phi) is 4.34. The summed E-state index contributed by atoms with van der Waals surface area (Å²) in [6, 6.07) is 10.7. The van der Waals surface area contributed by atoms with Crippen LogP contribution in [0.5, 0.6) is 0 Å². The lowest BCUT2D eigenvalue weighted by Gasteiger charge is -2.33. The van der Waals surface area contributed by atoms with Crippen LogP contribution in [-0.4, -0.2) is 57.7 Å². The quantitative estimate of drug-likeness (QED) is 0.864. The summed E-state index contributed by atoms with van der Waals surface area (Å²) in [5, 5.41) is 4.45. The molecule has 2 atom stereocenters. The lowest BCUT2D eigenvalue weighted by molar-refractivity contribution is 0.0664. The fourth-order valence-corrected chi connectivity index (χ4v) is 4.37. The number of aromatic nitrogens is 2. The summed E-state index contributed by atoms with van der Waals surface area (Å²) in [6.45, 7) is 3.99. The van der Waals surface area contributed by atoms with E-state index in [0.29, 0.717) is 12.1 Å². The molecule has 0 bridgehead atoms. The number of carbonyl (C=O) groups excluding carboxylic acids is 1. The van der Waals surface area contributed by atoms with Gasteiger partial charge < -0.3 is 9.80 Å². The third-order valence-corrected chi connectivity index (χ3v) is 5.66. The van der Waals surface area contributed by atoms with Crippen molar-refractivity contribution >= 4 is 5.91 Å². The van der Waals surface area contributed by atoms with Crippen molar-refractivity contribution in [2.75, 3.05) is 20.1 Å². The molecule has 0 spiro atoms. The zero-order valence-corrected chi connectivity index (χ0v) is 15.1. The molecule has 0 aliphatic carbocycles. The monoisotopic (exact) mass is 338 g/mol. The van der Waals surface area contributed by atoms with E-state index in [9.17, 15) is 4.79 Å². The van der Waals surface area contributed by atoms with Crippen LogP contribution in [0.15, 0.2) is 36.5 Å². The Labute approximate surface area is 149 Å². The van der Waals surface area contributed by atoms with Gasteiger partial charge in [-0.1, -0.05) is 6.07 Å². The number of hydrogen-bond acceptors (Lipinski definition) is 3. The van der Waals surface area contributed by atoms with Crippen molar-refractivity contribution in [3.05, 3.63) is 47.8 Å². The Morgan fingerprint density at radius 3 is 2.64 bits per heavy atom. The highest BCUT2D eigenvalue weighted by atomic mass is 16.2. The minimum absolute atomic E-state index is 0.161. The molecular weight excluding hydrogens is 312 g/mol. The van der Waals surface area contributed by atoms with Crippen molar-refractivity contribution < 1.29 is 4.79 Å². The molecule has 1 amide bonds. The van der Waals surface area contributed by atoms with Gasteiger partial charge in [0.2, 0.25) is 0 Å². The van der Waals surface area contributed by atoms with E-state index >= 15 is 0 Å². The van der Waals surface area contributed by atoms with Crippen LogP contribution in [0.4, 0.5) is 0 Å². The van der Waals surface area contributed by atoms with Crippen molar-refractivity contribution in [2.24, 2.45) is 0 Å². The molecule has 5 nitrogen and oxygen atoms in total. The first-order valence-corrected chi connectivity index (χ1v) is 9.27. The van der Waals surface area contributed by atoms with Gasteiger partial charge >= 0.3 is 0 Å². The van der Waals surface area contributed by atoms with Crippen molar-refractivity contribution in [3.8, 4) is 5.69 Å². The first-order valence-electron chi connectivity index (χ1n) is 9.27. The number of amides is 1. The van der Waals surface area contributed by atoms with E-state index in [4.69, 9.17) is 0 Å². The zero-order chi connectivity index (χ0) is 17.4. The molecule has 25 heavy (non-hydrogen) atoms. The van der Waals surface area contributed by atoms with Gasteiger partial charge in [-0.25, -0.2) is 4.68 Å². The summed E-state index contributed by atoms with van der Waals surface area (Å²) in [5.74, 6) is 0.161. The highest BCUT2D eigenvalue weighted by Crippen LogP contribution is 2.30. The molecule has 2 aromatic rings. The molecule has 0 radical (unpaired) electrons. The van der Waals surface area contributed by atoms with Gasteiger partial charge in [0.15, 0.2) is 0 Å². The van der Waals surface area contributed by atoms with Gasteiger partial charge in [0.25, 0.3) is 5.91 Å². The summed E-state index contributed by atoms with van der Waals surface area (Å²) in [6.07, 6.45) is 6.62. The van der Waals surface area contributed by atoms with Gasteiger partial charge in [-0.3, -0.25) is 4.79 Å². The van der Waals surface area contributed by atoms with Crippen molar-refractivity contribution in [1.82, 2.24) is 19.6 Å². The number of nitrogens with zero attached hydrogens (tertiary/aromatic N) is 4. The molecule has 3 heterocycles. The molecule has 132 valence electrons. The Morgan fingerprint density at radius 2 is 1.92 bits per heavy atom. The minimum Gasteiger partial charge on any atom is -0.334 e. The van der Waals surface area contributed by atoms with Gasteiger partial charge in [-0.2, -0.15) is 5.10 Å². The number of hydrogen-bond donors (Lipinski definition) is 0. The second-order valence-corrected chi connectivity index (χ2v) is 7.35. The fraction of sp³-hybridized carbons (Fsp3) is 0.500. The van der Waals surface area contributed by atoms with Crippen LogP contribution in [0.1, 0.15) is 41.7 Å². The molecule has 2 fully saturated rings. The van der Waals surface area contributed by atoms with Crippen LogP contribution < -0.4 is 0 Å². The third kappa shape index (κ3) is 3.09. The van der Waals surface area contributed by atoms with Gasteiger partial charge in [0.1, 0.15) is 0 Å². The molecule has 0 unspecified atom stereocenters. The van der Waals surface area contributed by atoms with Gasteiger partial charge in [-0.15, -0.1) is 0 Å². The summed E-state index contributed by atoms with van der Waals surface area (Å²) in [4.78, 5) is 17.7. The molecule has 4 rings (SSSR count). The highest BCUT2D eigenvalue weighted by molar-refractivity contribution is 5.95. The summed E-state index contributed by atoms with van der Waals surface area (Å²) in [7, 11) is 2.19. The molecule has 0 N–H and O–H groups in total. The average molecular weight is 338 g/mol. The Bertz CT molecular complexity index is 769. The predicted octanol–water partition coefficient (Wildman–Crippen LogP) is 2.88. The Balaban J connectivity index is 1.58. The van der Waals surface area contributed by atoms with Crippen LogP contribution in [0, 0.1) is 6.92 Å². The maximum atomic E-state index is 13.2. The normalized spacial score (nSPS) is 24.2. The van der Waals surface area contributed by atoms with Crippen LogP contribution >= 0.6 is 0 Å². The van der Waals surface area contributed by atoms with Gasteiger partial charge in [0, 0.05) is 30.4 Å². The predicted molar refractivity (Wildman–Crippen MR) is 98.0 cm³/mol. The lowest BCUT2D eigenvalue weighted by atomic mass is 10.0. The Hall–Kier alpha value is -2.14. The summed E-state index contributed by atoms with van der Waals surface area (Å²) < 4.78 is 1.83. The molecule has 1 aromatic heterocycles. The van der Waals surface area contributed by atoms with Crippen LogP contribution in [0.2, 0.25) is 0 Å². The molecule has 1 aromatic carbocycles.